The van der Waals surface area contributed by atoms with Crippen LogP contribution in [-0.2, 0) is 6.42 Å². The van der Waals surface area contributed by atoms with E-state index in [4.69, 9.17) is 0 Å². The van der Waals surface area contributed by atoms with Crippen molar-refractivity contribution < 1.29 is 4.79 Å². The molecule has 1 aromatic carbocycles. The Bertz CT molecular complexity index is 654. The lowest BCUT2D eigenvalue weighted by Crippen LogP contribution is -2.28. The van der Waals surface area contributed by atoms with E-state index in [9.17, 15) is 4.79 Å². The highest BCUT2D eigenvalue weighted by Crippen LogP contribution is 2.20. The molecule has 4 nitrogen and oxygen atoms in total. The maximum Gasteiger partial charge on any atom is 0.257 e. The molecule has 0 bridgehead atoms. The minimum atomic E-state index is 0.128. The van der Waals surface area contributed by atoms with Crippen LogP contribution in [0.5, 0.6) is 0 Å². The molecular formula is C17H21N3O. The predicted molar refractivity (Wildman–Crippen MR) is 82.8 cm³/mol. The highest BCUT2D eigenvalue weighted by molar-refractivity contribution is 5.95. The van der Waals surface area contributed by atoms with E-state index >= 15 is 0 Å². The minimum absolute atomic E-state index is 0.128. The van der Waals surface area contributed by atoms with Crippen molar-refractivity contribution >= 4 is 5.91 Å². The number of hydrogen-bond donors (Lipinski definition) is 0. The molecule has 4 heteroatoms. The van der Waals surface area contributed by atoms with Crippen LogP contribution < -0.4 is 0 Å². The molecule has 3 rings (SSSR count). The fourth-order valence-electron chi connectivity index (χ4n) is 2.97. The summed E-state index contributed by atoms with van der Waals surface area (Å²) in [5, 5.41) is 4.46. The van der Waals surface area contributed by atoms with Crippen LogP contribution in [0, 0.1) is 6.92 Å². The molecule has 0 radical (unpaired) electrons. The molecule has 0 spiro atoms. The third-order valence-electron chi connectivity index (χ3n) is 4.07. The quantitative estimate of drug-likeness (QED) is 0.868. The summed E-state index contributed by atoms with van der Waals surface area (Å²) in [6.45, 7) is 5.88. The van der Waals surface area contributed by atoms with Gasteiger partial charge in [0.25, 0.3) is 5.91 Å². The van der Waals surface area contributed by atoms with Gasteiger partial charge in [0, 0.05) is 13.1 Å². The monoisotopic (exact) mass is 283 g/mol. The van der Waals surface area contributed by atoms with Crippen LogP contribution in [0.25, 0.3) is 5.69 Å². The van der Waals surface area contributed by atoms with E-state index in [-0.39, 0.29) is 5.91 Å². The second-order valence-corrected chi connectivity index (χ2v) is 5.61. The van der Waals surface area contributed by atoms with E-state index in [1.165, 1.54) is 5.56 Å². The van der Waals surface area contributed by atoms with Gasteiger partial charge >= 0.3 is 0 Å². The standard InChI is InChI=1S/C17H21N3O/c1-3-16-15(17(21)19-9-4-5-10-19)12-18-20(16)14-8-6-7-13(2)11-14/h6-8,11-12H,3-5,9-10H2,1-2H3. The van der Waals surface area contributed by atoms with Crippen LogP contribution in [0.4, 0.5) is 0 Å². The first-order chi connectivity index (χ1) is 10.2. The van der Waals surface area contributed by atoms with E-state index in [1.807, 2.05) is 21.7 Å². The molecule has 1 aliphatic rings. The van der Waals surface area contributed by atoms with Gasteiger partial charge < -0.3 is 4.90 Å². The molecule has 2 aromatic rings. The summed E-state index contributed by atoms with van der Waals surface area (Å²) in [6, 6.07) is 8.21. The third kappa shape index (κ3) is 2.58. The van der Waals surface area contributed by atoms with Crippen LogP contribution >= 0.6 is 0 Å². The zero-order chi connectivity index (χ0) is 14.8. The largest absolute Gasteiger partial charge is 0.339 e. The van der Waals surface area contributed by atoms with Crippen molar-refractivity contribution in [3.05, 3.63) is 47.3 Å². The number of amides is 1. The molecule has 1 amide bonds. The van der Waals surface area contributed by atoms with Gasteiger partial charge in [0.05, 0.1) is 23.1 Å². The summed E-state index contributed by atoms with van der Waals surface area (Å²) in [5.41, 5.74) is 3.96. The average Bonchev–Trinajstić information content (AvgIpc) is 3.15. The summed E-state index contributed by atoms with van der Waals surface area (Å²) in [7, 11) is 0. The highest BCUT2D eigenvalue weighted by atomic mass is 16.2. The molecule has 1 saturated heterocycles. The van der Waals surface area contributed by atoms with Gasteiger partial charge in [-0.2, -0.15) is 5.10 Å². The van der Waals surface area contributed by atoms with E-state index in [0.717, 1.165) is 49.3 Å². The molecule has 0 unspecified atom stereocenters. The van der Waals surface area contributed by atoms with Crippen molar-refractivity contribution in [3.63, 3.8) is 0 Å². The van der Waals surface area contributed by atoms with Crippen LogP contribution in [0.3, 0.4) is 0 Å². The van der Waals surface area contributed by atoms with E-state index in [2.05, 4.69) is 31.1 Å². The van der Waals surface area contributed by atoms with Crippen LogP contribution in [-0.4, -0.2) is 33.7 Å². The number of rotatable bonds is 3. The topological polar surface area (TPSA) is 38.1 Å². The lowest BCUT2D eigenvalue weighted by atomic mass is 10.1. The van der Waals surface area contributed by atoms with Gasteiger partial charge in [-0.05, 0) is 43.9 Å². The summed E-state index contributed by atoms with van der Waals surface area (Å²) >= 11 is 0. The molecule has 1 fully saturated rings. The molecule has 0 saturated carbocycles. The Balaban J connectivity index is 1.98. The first-order valence-corrected chi connectivity index (χ1v) is 7.64. The Morgan fingerprint density at radius 3 is 2.71 bits per heavy atom. The number of aryl methyl sites for hydroxylation is 1. The molecule has 1 aliphatic heterocycles. The van der Waals surface area contributed by atoms with E-state index in [0.29, 0.717) is 0 Å². The second-order valence-electron chi connectivity index (χ2n) is 5.61. The fraction of sp³-hybridized carbons (Fsp3) is 0.412. The SMILES string of the molecule is CCc1c(C(=O)N2CCCC2)cnn1-c1cccc(C)c1. The fourth-order valence-corrected chi connectivity index (χ4v) is 2.97. The van der Waals surface area contributed by atoms with Crippen molar-refractivity contribution in [1.82, 2.24) is 14.7 Å². The van der Waals surface area contributed by atoms with Gasteiger partial charge in [0.2, 0.25) is 0 Å². The van der Waals surface area contributed by atoms with Crippen molar-refractivity contribution in [3.8, 4) is 5.69 Å². The van der Waals surface area contributed by atoms with Gasteiger partial charge in [-0.15, -0.1) is 0 Å². The van der Waals surface area contributed by atoms with Gasteiger partial charge in [0.15, 0.2) is 0 Å². The lowest BCUT2D eigenvalue weighted by Gasteiger charge is -2.15. The Morgan fingerprint density at radius 2 is 2.05 bits per heavy atom. The van der Waals surface area contributed by atoms with Crippen molar-refractivity contribution in [2.75, 3.05) is 13.1 Å². The molecule has 1 aromatic heterocycles. The third-order valence-corrected chi connectivity index (χ3v) is 4.07. The normalized spacial score (nSPS) is 14.7. The first kappa shape index (κ1) is 13.9. The maximum absolute atomic E-state index is 12.6. The molecule has 21 heavy (non-hydrogen) atoms. The number of likely N-dealkylation sites (tertiary alicyclic amines) is 1. The average molecular weight is 283 g/mol. The number of aromatic nitrogens is 2. The Kier molecular flexibility index (Phi) is 3.78. The summed E-state index contributed by atoms with van der Waals surface area (Å²) < 4.78 is 1.90. The summed E-state index contributed by atoms with van der Waals surface area (Å²) in [5.74, 6) is 0.128. The van der Waals surface area contributed by atoms with Crippen molar-refractivity contribution in [2.24, 2.45) is 0 Å². The van der Waals surface area contributed by atoms with Crippen LogP contribution in [0.1, 0.15) is 41.4 Å². The number of nitrogens with zero attached hydrogens (tertiary/aromatic N) is 3. The highest BCUT2D eigenvalue weighted by Gasteiger charge is 2.24. The summed E-state index contributed by atoms with van der Waals surface area (Å²) in [4.78, 5) is 14.6. The molecule has 0 N–H and O–H groups in total. The molecular weight excluding hydrogens is 262 g/mol. The Morgan fingerprint density at radius 1 is 1.29 bits per heavy atom. The minimum Gasteiger partial charge on any atom is -0.339 e. The van der Waals surface area contributed by atoms with Gasteiger partial charge in [-0.1, -0.05) is 19.1 Å². The van der Waals surface area contributed by atoms with Gasteiger partial charge in [-0.3, -0.25) is 4.79 Å². The zero-order valence-corrected chi connectivity index (χ0v) is 12.7. The number of benzene rings is 1. The predicted octanol–water partition coefficient (Wildman–Crippen LogP) is 2.98. The van der Waals surface area contributed by atoms with Crippen LogP contribution in [0.15, 0.2) is 30.5 Å². The zero-order valence-electron chi connectivity index (χ0n) is 12.7. The number of hydrogen-bond acceptors (Lipinski definition) is 2. The molecule has 0 atom stereocenters. The molecule has 110 valence electrons. The Hall–Kier alpha value is -2.10. The van der Waals surface area contributed by atoms with E-state index < -0.39 is 0 Å². The Labute approximate surface area is 125 Å². The first-order valence-electron chi connectivity index (χ1n) is 7.64. The smallest absolute Gasteiger partial charge is 0.257 e. The summed E-state index contributed by atoms with van der Waals surface area (Å²) in [6.07, 6.45) is 4.74. The van der Waals surface area contributed by atoms with Gasteiger partial charge in [0.1, 0.15) is 0 Å². The van der Waals surface area contributed by atoms with Crippen LogP contribution in [0.2, 0.25) is 0 Å². The second kappa shape index (κ2) is 5.72. The maximum atomic E-state index is 12.6. The van der Waals surface area contributed by atoms with Crippen molar-refractivity contribution in [1.29, 1.82) is 0 Å². The lowest BCUT2D eigenvalue weighted by molar-refractivity contribution is 0.0791. The number of carbonyl (C=O) groups excluding carboxylic acids is 1. The number of carbonyl (C=O) groups is 1. The van der Waals surface area contributed by atoms with Gasteiger partial charge in [-0.25, -0.2) is 4.68 Å². The molecule has 2 heterocycles. The van der Waals surface area contributed by atoms with Crippen molar-refractivity contribution in [2.45, 2.75) is 33.1 Å². The van der Waals surface area contributed by atoms with E-state index in [1.54, 1.807) is 6.20 Å². The molecule has 0 aliphatic carbocycles.